The van der Waals surface area contributed by atoms with Crippen LogP contribution < -0.4 is 20.1 Å². The Hall–Kier alpha value is -3.61. The quantitative estimate of drug-likeness (QED) is 0.653. The Balaban J connectivity index is 1.60. The molecule has 3 rings (SSSR count). The number of nitrogens with one attached hydrogen (secondary N) is 2. The molecule has 1 heterocycles. The smallest absolute Gasteiger partial charge is 0.275 e. The topological polar surface area (TPSA) is 85.4 Å². The maximum Gasteiger partial charge on any atom is 0.275 e. The third-order valence-electron chi connectivity index (χ3n) is 4.08. The van der Waals surface area contributed by atoms with Gasteiger partial charge in [-0.25, -0.2) is 9.97 Å². The Morgan fingerprint density at radius 2 is 1.82 bits per heavy atom. The minimum Gasteiger partial charge on any atom is -0.493 e. The van der Waals surface area contributed by atoms with Crippen LogP contribution in [0.15, 0.2) is 54.9 Å². The number of hydrogen-bond donors (Lipinski definition) is 2. The van der Waals surface area contributed by atoms with E-state index in [0.717, 1.165) is 16.8 Å². The van der Waals surface area contributed by atoms with Gasteiger partial charge in [0.05, 0.1) is 26.6 Å². The van der Waals surface area contributed by atoms with Crippen molar-refractivity contribution in [3.05, 3.63) is 71.7 Å². The van der Waals surface area contributed by atoms with Crippen LogP contribution >= 0.6 is 0 Å². The number of methoxy groups -OCH3 is 2. The standard InChI is InChI=1S/C21H22N4O3/c1-14-5-4-6-16(9-14)25-21(26)17-12-24-20(13-22-17)23-11-15-7-8-18(27-2)19(10-15)28-3/h4-10,12-13H,11H2,1-3H3,(H,23,24)(H,25,26). The van der Waals surface area contributed by atoms with Gasteiger partial charge in [0.25, 0.3) is 5.91 Å². The molecule has 144 valence electrons. The molecule has 0 radical (unpaired) electrons. The normalized spacial score (nSPS) is 10.2. The molecule has 0 aliphatic heterocycles. The largest absolute Gasteiger partial charge is 0.493 e. The SMILES string of the molecule is COc1ccc(CNc2cnc(C(=O)Nc3cccc(C)c3)cn2)cc1OC. The van der Waals surface area contributed by atoms with E-state index in [1.165, 1.54) is 12.4 Å². The van der Waals surface area contributed by atoms with E-state index in [9.17, 15) is 4.79 Å². The first-order chi connectivity index (χ1) is 13.6. The van der Waals surface area contributed by atoms with E-state index in [1.54, 1.807) is 14.2 Å². The summed E-state index contributed by atoms with van der Waals surface area (Å²) < 4.78 is 10.5. The molecule has 0 aliphatic carbocycles. The van der Waals surface area contributed by atoms with E-state index in [-0.39, 0.29) is 11.6 Å². The number of hydrogen-bond acceptors (Lipinski definition) is 6. The van der Waals surface area contributed by atoms with E-state index >= 15 is 0 Å². The molecule has 7 nitrogen and oxygen atoms in total. The van der Waals surface area contributed by atoms with Crippen LogP contribution in [0.2, 0.25) is 0 Å². The summed E-state index contributed by atoms with van der Waals surface area (Å²) in [4.78, 5) is 20.7. The predicted octanol–water partition coefficient (Wildman–Crippen LogP) is 3.67. The van der Waals surface area contributed by atoms with Crippen molar-refractivity contribution in [3.8, 4) is 11.5 Å². The number of amides is 1. The molecule has 0 aliphatic rings. The van der Waals surface area contributed by atoms with Crippen molar-refractivity contribution in [1.29, 1.82) is 0 Å². The van der Waals surface area contributed by atoms with Gasteiger partial charge in [0, 0.05) is 12.2 Å². The van der Waals surface area contributed by atoms with E-state index in [0.29, 0.717) is 23.9 Å². The summed E-state index contributed by atoms with van der Waals surface area (Å²) in [5.41, 5.74) is 3.04. The van der Waals surface area contributed by atoms with E-state index in [1.807, 2.05) is 49.4 Å². The molecule has 0 fully saturated rings. The van der Waals surface area contributed by atoms with Crippen LogP contribution in [0.25, 0.3) is 0 Å². The Bertz CT molecular complexity index is 958. The van der Waals surface area contributed by atoms with Crippen molar-refractivity contribution in [2.24, 2.45) is 0 Å². The zero-order valence-electron chi connectivity index (χ0n) is 16.0. The highest BCUT2D eigenvalue weighted by atomic mass is 16.5. The highest BCUT2D eigenvalue weighted by Gasteiger charge is 2.09. The fourth-order valence-electron chi connectivity index (χ4n) is 2.64. The molecule has 3 aromatic rings. The van der Waals surface area contributed by atoms with Gasteiger partial charge in [-0.2, -0.15) is 0 Å². The van der Waals surface area contributed by atoms with Gasteiger partial charge in [0.1, 0.15) is 11.5 Å². The summed E-state index contributed by atoms with van der Waals surface area (Å²) in [6.45, 7) is 2.50. The molecule has 0 bridgehead atoms. The van der Waals surface area contributed by atoms with E-state index in [4.69, 9.17) is 9.47 Å². The number of nitrogens with zero attached hydrogens (tertiary/aromatic N) is 2. The Kier molecular flexibility index (Phi) is 6.06. The Morgan fingerprint density at radius 1 is 1.00 bits per heavy atom. The minimum atomic E-state index is -0.301. The average Bonchev–Trinajstić information content (AvgIpc) is 2.72. The monoisotopic (exact) mass is 378 g/mol. The second kappa shape index (κ2) is 8.85. The number of aryl methyl sites for hydroxylation is 1. The lowest BCUT2D eigenvalue weighted by Crippen LogP contribution is -2.14. The van der Waals surface area contributed by atoms with Crippen molar-refractivity contribution in [3.63, 3.8) is 0 Å². The van der Waals surface area contributed by atoms with Crippen molar-refractivity contribution in [2.45, 2.75) is 13.5 Å². The number of carbonyl (C=O) groups excluding carboxylic acids is 1. The van der Waals surface area contributed by atoms with E-state index < -0.39 is 0 Å². The van der Waals surface area contributed by atoms with Gasteiger partial charge in [0.15, 0.2) is 11.5 Å². The van der Waals surface area contributed by atoms with Crippen LogP contribution in [0.1, 0.15) is 21.6 Å². The highest BCUT2D eigenvalue weighted by Crippen LogP contribution is 2.27. The molecule has 0 saturated heterocycles. The molecule has 1 aromatic heterocycles. The van der Waals surface area contributed by atoms with Gasteiger partial charge in [-0.3, -0.25) is 4.79 Å². The number of benzene rings is 2. The van der Waals surface area contributed by atoms with Gasteiger partial charge in [0.2, 0.25) is 0 Å². The molecule has 2 aromatic carbocycles. The lowest BCUT2D eigenvalue weighted by molar-refractivity contribution is 0.102. The van der Waals surface area contributed by atoms with Gasteiger partial charge < -0.3 is 20.1 Å². The summed E-state index contributed by atoms with van der Waals surface area (Å²) in [5.74, 6) is 1.61. The molecule has 7 heteroatoms. The molecular formula is C21H22N4O3. The molecule has 1 amide bonds. The predicted molar refractivity (Wildman–Crippen MR) is 108 cm³/mol. The zero-order chi connectivity index (χ0) is 19.9. The van der Waals surface area contributed by atoms with Gasteiger partial charge >= 0.3 is 0 Å². The van der Waals surface area contributed by atoms with Crippen molar-refractivity contribution >= 4 is 17.4 Å². The van der Waals surface area contributed by atoms with Crippen LogP contribution in [0.5, 0.6) is 11.5 Å². The van der Waals surface area contributed by atoms with Crippen molar-refractivity contribution in [1.82, 2.24) is 9.97 Å². The van der Waals surface area contributed by atoms with Crippen LogP contribution in [-0.2, 0) is 6.54 Å². The van der Waals surface area contributed by atoms with Gasteiger partial charge in [-0.05, 0) is 42.3 Å². The Morgan fingerprint density at radius 3 is 2.50 bits per heavy atom. The summed E-state index contributed by atoms with van der Waals surface area (Å²) in [6, 6.07) is 13.3. The first-order valence-electron chi connectivity index (χ1n) is 8.74. The van der Waals surface area contributed by atoms with Gasteiger partial charge in [-0.1, -0.05) is 18.2 Å². The fourth-order valence-corrected chi connectivity index (χ4v) is 2.64. The van der Waals surface area contributed by atoms with Gasteiger partial charge in [-0.15, -0.1) is 0 Å². The summed E-state index contributed by atoms with van der Waals surface area (Å²) in [5, 5.41) is 5.98. The molecule has 2 N–H and O–H groups in total. The summed E-state index contributed by atoms with van der Waals surface area (Å²) >= 11 is 0. The highest BCUT2D eigenvalue weighted by molar-refractivity contribution is 6.02. The first kappa shape index (κ1) is 19.2. The lowest BCUT2D eigenvalue weighted by Gasteiger charge is -2.10. The third-order valence-corrected chi connectivity index (χ3v) is 4.08. The summed E-state index contributed by atoms with van der Waals surface area (Å²) in [7, 11) is 3.20. The minimum absolute atomic E-state index is 0.248. The Labute approximate surface area is 163 Å². The molecule has 0 saturated carbocycles. The van der Waals surface area contributed by atoms with Crippen LogP contribution in [0.3, 0.4) is 0 Å². The average molecular weight is 378 g/mol. The molecule has 0 spiro atoms. The van der Waals surface area contributed by atoms with E-state index in [2.05, 4.69) is 20.6 Å². The second-order valence-electron chi connectivity index (χ2n) is 6.15. The maximum atomic E-state index is 12.3. The molecule has 0 unspecified atom stereocenters. The van der Waals surface area contributed by atoms with Crippen LogP contribution in [-0.4, -0.2) is 30.1 Å². The number of anilines is 2. The molecular weight excluding hydrogens is 356 g/mol. The summed E-state index contributed by atoms with van der Waals surface area (Å²) in [6.07, 6.45) is 2.98. The van der Waals surface area contributed by atoms with Crippen LogP contribution in [0.4, 0.5) is 11.5 Å². The van der Waals surface area contributed by atoms with Crippen molar-refractivity contribution in [2.75, 3.05) is 24.9 Å². The number of aromatic nitrogens is 2. The first-order valence-corrected chi connectivity index (χ1v) is 8.74. The second-order valence-corrected chi connectivity index (χ2v) is 6.15. The third kappa shape index (κ3) is 4.76. The fraction of sp³-hybridized carbons (Fsp3) is 0.190. The van der Waals surface area contributed by atoms with Crippen LogP contribution in [0, 0.1) is 6.92 Å². The molecule has 28 heavy (non-hydrogen) atoms. The lowest BCUT2D eigenvalue weighted by atomic mass is 10.2. The van der Waals surface area contributed by atoms with Crippen molar-refractivity contribution < 1.29 is 14.3 Å². The number of rotatable bonds is 7. The zero-order valence-corrected chi connectivity index (χ0v) is 16.0. The maximum absolute atomic E-state index is 12.3. The number of carbonyl (C=O) groups is 1. The molecule has 0 atom stereocenters. The number of ether oxygens (including phenoxy) is 2.